The van der Waals surface area contributed by atoms with Crippen molar-refractivity contribution < 1.29 is 23.0 Å². The lowest BCUT2D eigenvalue weighted by atomic mass is 10.1. The third kappa shape index (κ3) is 4.14. The minimum atomic E-state index is -2.94. The van der Waals surface area contributed by atoms with E-state index in [9.17, 15) is 13.6 Å². The summed E-state index contributed by atoms with van der Waals surface area (Å²) in [4.78, 5) is 11.3. The summed E-state index contributed by atoms with van der Waals surface area (Å²) in [5.41, 5.74) is 0.756. The molecule has 18 heavy (non-hydrogen) atoms. The van der Waals surface area contributed by atoms with Gasteiger partial charge in [0.1, 0.15) is 5.75 Å². The second-order valence-electron chi connectivity index (χ2n) is 3.49. The number of aryl methyl sites for hydroxylation is 1. The lowest BCUT2D eigenvalue weighted by molar-refractivity contribution is -0.0505. The normalized spacial score (nSPS) is 10.5. The zero-order valence-electron chi connectivity index (χ0n) is 9.79. The van der Waals surface area contributed by atoms with Crippen LogP contribution >= 0.6 is 11.6 Å². The van der Waals surface area contributed by atoms with Gasteiger partial charge in [-0.1, -0.05) is 6.07 Å². The van der Waals surface area contributed by atoms with Crippen molar-refractivity contribution in [1.29, 1.82) is 0 Å². The SMILES string of the molecule is COC(=O)c1ccc(CCCCl)c(OC(F)F)c1. The predicted octanol–water partition coefficient (Wildman–Crippen LogP) is 3.25. The molecule has 6 heteroatoms. The lowest BCUT2D eigenvalue weighted by Gasteiger charge is -2.11. The van der Waals surface area contributed by atoms with Crippen molar-refractivity contribution in [3.63, 3.8) is 0 Å². The van der Waals surface area contributed by atoms with Crippen LogP contribution in [0.5, 0.6) is 5.75 Å². The number of esters is 1. The average Bonchev–Trinajstić information content (AvgIpc) is 2.35. The van der Waals surface area contributed by atoms with Crippen molar-refractivity contribution in [1.82, 2.24) is 0 Å². The molecule has 1 rings (SSSR count). The van der Waals surface area contributed by atoms with E-state index in [-0.39, 0.29) is 11.3 Å². The summed E-state index contributed by atoms with van der Waals surface area (Å²) in [6.07, 6.45) is 1.14. The molecule has 0 unspecified atom stereocenters. The molecule has 0 aliphatic carbocycles. The van der Waals surface area contributed by atoms with E-state index in [0.29, 0.717) is 24.3 Å². The molecule has 0 heterocycles. The molecule has 100 valence electrons. The van der Waals surface area contributed by atoms with Gasteiger partial charge >= 0.3 is 12.6 Å². The van der Waals surface area contributed by atoms with Crippen LogP contribution < -0.4 is 4.74 Å². The molecule has 0 aliphatic heterocycles. The molecule has 0 N–H and O–H groups in total. The van der Waals surface area contributed by atoms with Crippen LogP contribution in [-0.2, 0) is 11.2 Å². The van der Waals surface area contributed by atoms with Gasteiger partial charge in [-0.3, -0.25) is 0 Å². The van der Waals surface area contributed by atoms with E-state index in [1.54, 1.807) is 6.07 Å². The molecule has 0 spiro atoms. The van der Waals surface area contributed by atoms with Gasteiger partial charge in [0.05, 0.1) is 12.7 Å². The van der Waals surface area contributed by atoms with Crippen molar-refractivity contribution in [2.45, 2.75) is 19.5 Å². The van der Waals surface area contributed by atoms with E-state index in [0.717, 1.165) is 0 Å². The topological polar surface area (TPSA) is 35.5 Å². The number of carbonyl (C=O) groups excluding carboxylic acids is 1. The minimum absolute atomic E-state index is 0.0157. The molecule has 0 bridgehead atoms. The zero-order valence-corrected chi connectivity index (χ0v) is 10.5. The Kier molecular flexibility index (Phi) is 5.85. The van der Waals surface area contributed by atoms with Crippen molar-refractivity contribution >= 4 is 17.6 Å². The number of alkyl halides is 3. The van der Waals surface area contributed by atoms with Gasteiger partial charge in [0.25, 0.3) is 0 Å². The van der Waals surface area contributed by atoms with Crippen LogP contribution in [0.4, 0.5) is 8.78 Å². The van der Waals surface area contributed by atoms with E-state index in [4.69, 9.17) is 11.6 Å². The number of hydrogen-bond donors (Lipinski definition) is 0. The number of benzene rings is 1. The van der Waals surface area contributed by atoms with Crippen molar-refractivity contribution in [2.24, 2.45) is 0 Å². The smallest absolute Gasteiger partial charge is 0.387 e. The monoisotopic (exact) mass is 278 g/mol. The fourth-order valence-electron chi connectivity index (χ4n) is 1.47. The highest BCUT2D eigenvalue weighted by atomic mass is 35.5. The Morgan fingerprint density at radius 3 is 2.72 bits per heavy atom. The number of methoxy groups -OCH3 is 1. The van der Waals surface area contributed by atoms with Crippen molar-refractivity contribution in [2.75, 3.05) is 13.0 Å². The van der Waals surface area contributed by atoms with Crippen LogP contribution in [-0.4, -0.2) is 25.6 Å². The summed E-state index contributed by atoms with van der Waals surface area (Å²) in [6, 6.07) is 4.33. The summed E-state index contributed by atoms with van der Waals surface area (Å²) >= 11 is 5.55. The van der Waals surface area contributed by atoms with Crippen LogP contribution in [0.3, 0.4) is 0 Å². The van der Waals surface area contributed by atoms with Gasteiger partial charge < -0.3 is 9.47 Å². The molecule has 0 amide bonds. The fraction of sp³-hybridized carbons (Fsp3) is 0.417. The first-order valence-electron chi connectivity index (χ1n) is 5.30. The third-order valence-electron chi connectivity index (χ3n) is 2.28. The summed E-state index contributed by atoms with van der Waals surface area (Å²) in [6.45, 7) is -2.94. The molecule has 3 nitrogen and oxygen atoms in total. The highest BCUT2D eigenvalue weighted by Gasteiger charge is 2.14. The molecule has 0 aliphatic rings. The first-order valence-corrected chi connectivity index (χ1v) is 5.84. The summed E-state index contributed by atoms with van der Waals surface area (Å²) in [5, 5.41) is 0. The maximum Gasteiger partial charge on any atom is 0.387 e. The number of hydrogen-bond acceptors (Lipinski definition) is 3. The lowest BCUT2D eigenvalue weighted by Crippen LogP contribution is -2.07. The Bertz CT molecular complexity index is 410. The minimum Gasteiger partial charge on any atom is -0.465 e. The van der Waals surface area contributed by atoms with Gasteiger partial charge in [0.2, 0.25) is 0 Å². The van der Waals surface area contributed by atoms with E-state index in [2.05, 4.69) is 9.47 Å². The predicted molar refractivity (Wildman–Crippen MR) is 63.5 cm³/mol. The van der Waals surface area contributed by atoms with Gasteiger partial charge in [-0.25, -0.2) is 4.79 Å². The van der Waals surface area contributed by atoms with Gasteiger partial charge in [-0.2, -0.15) is 8.78 Å². The van der Waals surface area contributed by atoms with Crippen LogP contribution in [0.25, 0.3) is 0 Å². The molecular formula is C12H13ClF2O3. The van der Waals surface area contributed by atoms with Crippen molar-refractivity contribution in [3.8, 4) is 5.75 Å². The van der Waals surface area contributed by atoms with Crippen LogP contribution in [0, 0.1) is 0 Å². The molecule has 0 atom stereocenters. The van der Waals surface area contributed by atoms with Gasteiger partial charge in [-0.15, -0.1) is 11.6 Å². The van der Waals surface area contributed by atoms with Crippen LogP contribution in [0.2, 0.25) is 0 Å². The van der Waals surface area contributed by atoms with E-state index < -0.39 is 12.6 Å². The number of rotatable bonds is 6. The van der Waals surface area contributed by atoms with Crippen LogP contribution in [0.15, 0.2) is 18.2 Å². The van der Waals surface area contributed by atoms with Gasteiger partial charge in [0, 0.05) is 5.88 Å². The number of ether oxygens (including phenoxy) is 2. The number of halogens is 3. The molecule has 0 saturated heterocycles. The zero-order chi connectivity index (χ0) is 13.5. The van der Waals surface area contributed by atoms with Crippen LogP contribution in [0.1, 0.15) is 22.3 Å². The van der Waals surface area contributed by atoms with E-state index in [1.165, 1.54) is 19.2 Å². The Labute approximate surface area is 109 Å². The largest absolute Gasteiger partial charge is 0.465 e. The quantitative estimate of drug-likeness (QED) is 0.592. The Balaban J connectivity index is 2.99. The Morgan fingerprint density at radius 2 is 2.17 bits per heavy atom. The Morgan fingerprint density at radius 1 is 1.44 bits per heavy atom. The molecule has 0 aromatic heterocycles. The summed E-state index contributed by atoms with van der Waals surface area (Å²) in [7, 11) is 1.22. The number of carbonyl (C=O) groups is 1. The maximum absolute atomic E-state index is 12.3. The maximum atomic E-state index is 12.3. The van der Waals surface area contributed by atoms with E-state index >= 15 is 0 Å². The second kappa shape index (κ2) is 7.16. The molecule has 0 saturated carbocycles. The fourth-order valence-corrected chi connectivity index (χ4v) is 1.60. The van der Waals surface area contributed by atoms with Gasteiger partial charge in [0.15, 0.2) is 0 Å². The molecule has 1 aromatic rings. The highest BCUT2D eigenvalue weighted by molar-refractivity contribution is 6.17. The standard InChI is InChI=1S/C12H13ClF2O3/c1-17-11(16)9-5-4-8(3-2-6-13)10(7-9)18-12(14)15/h4-5,7,12H,2-3,6H2,1H3. The average molecular weight is 279 g/mol. The molecule has 0 radical (unpaired) electrons. The Hall–Kier alpha value is -1.36. The first-order chi connectivity index (χ1) is 8.58. The summed E-state index contributed by atoms with van der Waals surface area (Å²) < 4.78 is 33.5. The van der Waals surface area contributed by atoms with Gasteiger partial charge in [-0.05, 0) is 30.5 Å². The molecular weight excluding hydrogens is 266 g/mol. The summed E-state index contributed by atoms with van der Waals surface area (Å²) in [5.74, 6) is -0.191. The van der Waals surface area contributed by atoms with E-state index in [1.807, 2.05) is 0 Å². The second-order valence-corrected chi connectivity index (χ2v) is 3.86. The first kappa shape index (κ1) is 14.7. The molecule has 1 aromatic carbocycles. The third-order valence-corrected chi connectivity index (χ3v) is 2.55. The van der Waals surface area contributed by atoms with Crippen molar-refractivity contribution in [3.05, 3.63) is 29.3 Å². The highest BCUT2D eigenvalue weighted by Crippen LogP contribution is 2.24. The molecule has 0 fully saturated rings.